The standard InChI is InChI=1S/C28H31N7O/c1-33-19-26(21-10-3-4-11-24(21)33)35-27(23(17-30)32-28(35)36)22-18-34(25-12-5-2-9-20(22)25)16-8-15-31-14-7-6-13-29/h2-5,9-12,18-19,31H,6-8,13-16,29H2,1H3,(H,32,36). The van der Waals surface area contributed by atoms with Gasteiger partial charge < -0.3 is 20.2 Å². The quantitative estimate of drug-likeness (QED) is 0.263. The molecule has 5 rings (SSSR count). The van der Waals surface area contributed by atoms with Crippen LogP contribution in [0.1, 0.15) is 25.0 Å². The van der Waals surface area contributed by atoms with Crippen molar-refractivity contribution in [2.75, 3.05) is 19.6 Å². The largest absolute Gasteiger partial charge is 0.348 e. The molecule has 0 fully saturated rings. The van der Waals surface area contributed by atoms with Gasteiger partial charge in [0.05, 0.1) is 11.4 Å². The predicted molar refractivity (Wildman–Crippen MR) is 144 cm³/mol. The van der Waals surface area contributed by atoms with Gasteiger partial charge in [0.25, 0.3) is 0 Å². The maximum atomic E-state index is 13.2. The number of aryl methyl sites for hydroxylation is 2. The van der Waals surface area contributed by atoms with Gasteiger partial charge in [-0.3, -0.25) is 9.55 Å². The highest BCUT2D eigenvalue weighted by Crippen LogP contribution is 2.35. The van der Waals surface area contributed by atoms with Crippen molar-refractivity contribution in [3.05, 3.63) is 77.1 Å². The number of nitrogens with two attached hydrogens (primary N) is 1. The molecular weight excluding hydrogens is 450 g/mol. The van der Waals surface area contributed by atoms with E-state index in [1.807, 2.05) is 54.2 Å². The minimum atomic E-state index is -0.323. The fraction of sp³-hybridized carbons (Fsp3) is 0.286. The molecule has 0 aliphatic heterocycles. The molecule has 0 spiro atoms. The van der Waals surface area contributed by atoms with Crippen molar-refractivity contribution >= 4 is 21.8 Å². The van der Waals surface area contributed by atoms with Gasteiger partial charge in [-0.05, 0) is 51.0 Å². The molecule has 0 aliphatic rings. The molecule has 5 aromatic rings. The van der Waals surface area contributed by atoms with Crippen LogP contribution in [0.15, 0.2) is 65.7 Å². The highest BCUT2D eigenvalue weighted by atomic mass is 16.1. The number of imidazole rings is 1. The van der Waals surface area contributed by atoms with E-state index in [0.29, 0.717) is 5.69 Å². The van der Waals surface area contributed by atoms with Crippen molar-refractivity contribution in [3.63, 3.8) is 0 Å². The van der Waals surface area contributed by atoms with Crippen molar-refractivity contribution in [1.29, 1.82) is 5.26 Å². The molecule has 0 bridgehead atoms. The van der Waals surface area contributed by atoms with Gasteiger partial charge in [0.15, 0.2) is 0 Å². The molecule has 0 unspecified atom stereocenters. The zero-order valence-corrected chi connectivity index (χ0v) is 20.5. The number of aromatic nitrogens is 4. The molecule has 0 atom stereocenters. The Bertz CT molecular complexity index is 1610. The van der Waals surface area contributed by atoms with Crippen LogP contribution in [0, 0.1) is 11.3 Å². The average molecular weight is 482 g/mol. The number of H-pyrrole nitrogens is 1. The minimum Gasteiger partial charge on any atom is -0.348 e. The lowest BCUT2D eigenvalue weighted by Gasteiger charge is -2.07. The molecular formula is C28H31N7O. The number of para-hydroxylation sites is 2. The topological polar surface area (TPSA) is 109 Å². The van der Waals surface area contributed by atoms with Crippen LogP contribution in [0.25, 0.3) is 38.8 Å². The molecule has 0 radical (unpaired) electrons. The molecule has 36 heavy (non-hydrogen) atoms. The molecule has 8 nitrogen and oxygen atoms in total. The number of rotatable bonds is 10. The van der Waals surface area contributed by atoms with Gasteiger partial charge in [0.2, 0.25) is 0 Å². The van der Waals surface area contributed by atoms with Crippen LogP contribution < -0.4 is 16.7 Å². The van der Waals surface area contributed by atoms with E-state index < -0.39 is 0 Å². The lowest BCUT2D eigenvalue weighted by molar-refractivity contribution is 0.571. The highest BCUT2D eigenvalue weighted by Gasteiger charge is 2.23. The molecule has 0 aliphatic carbocycles. The maximum Gasteiger partial charge on any atom is 0.331 e. The molecule has 0 saturated carbocycles. The van der Waals surface area contributed by atoms with E-state index >= 15 is 0 Å². The first kappa shape index (κ1) is 23.7. The molecule has 2 aromatic carbocycles. The van der Waals surface area contributed by atoms with Crippen molar-refractivity contribution in [2.45, 2.75) is 25.8 Å². The van der Waals surface area contributed by atoms with E-state index in [2.05, 4.69) is 39.3 Å². The Kier molecular flexibility index (Phi) is 6.76. The number of hydrogen-bond donors (Lipinski definition) is 3. The number of aromatic amines is 1. The summed E-state index contributed by atoms with van der Waals surface area (Å²) in [6.45, 7) is 3.45. The van der Waals surface area contributed by atoms with Gasteiger partial charge in [-0.2, -0.15) is 5.26 Å². The van der Waals surface area contributed by atoms with Crippen LogP contribution >= 0.6 is 0 Å². The maximum absolute atomic E-state index is 13.2. The fourth-order valence-corrected chi connectivity index (χ4v) is 5.01. The van der Waals surface area contributed by atoms with Gasteiger partial charge in [0, 0.05) is 53.4 Å². The summed E-state index contributed by atoms with van der Waals surface area (Å²) in [7, 11) is 1.96. The van der Waals surface area contributed by atoms with Gasteiger partial charge in [-0.1, -0.05) is 36.4 Å². The van der Waals surface area contributed by atoms with Gasteiger partial charge in [-0.25, -0.2) is 4.79 Å². The van der Waals surface area contributed by atoms with Crippen molar-refractivity contribution < 1.29 is 0 Å². The van der Waals surface area contributed by atoms with E-state index in [9.17, 15) is 10.1 Å². The summed E-state index contributed by atoms with van der Waals surface area (Å²) in [4.78, 5) is 16.0. The van der Waals surface area contributed by atoms with Crippen molar-refractivity contribution in [2.24, 2.45) is 12.8 Å². The third-order valence-corrected chi connectivity index (χ3v) is 6.73. The minimum absolute atomic E-state index is 0.261. The average Bonchev–Trinajstić information content (AvgIpc) is 3.54. The first-order valence-corrected chi connectivity index (χ1v) is 12.4. The van der Waals surface area contributed by atoms with E-state index in [-0.39, 0.29) is 11.4 Å². The summed E-state index contributed by atoms with van der Waals surface area (Å²) in [6, 6.07) is 18.4. The Morgan fingerprint density at radius 2 is 1.69 bits per heavy atom. The number of nitriles is 1. The van der Waals surface area contributed by atoms with E-state index in [1.165, 1.54) is 0 Å². The third-order valence-electron chi connectivity index (χ3n) is 6.73. The second-order valence-electron chi connectivity index (χ2n) is 9.10. The summed E-state index contributed by atoms with van der Waals surface area (Å²) in [6.07, 6.45) is 7.11. The fourth-order valence-electron chi connectivity index (χ4n) is 5.01. The van der Waals surface area contributed by atoms with Crippen LogP contribution in [0.4, 0.5) is 0 Å². The Balaban J connectivity index is 1.57. The molecule has 3 heterocycles. The van der Waals surface area contributed by atoms with Gasteiger partial charge >= 0.3 is 5.69 Å². The lowest BCUT2D eigenvalue weighted by atomic mass is 10.1. The second kappa shape index (κ2) is 10.3. The van der Waals surface area contributed by atoms with Crippen LogP contribution in [0.3, 0.4) is 0 Å². The number of nitrogens with zero attached hydrogens (tertiary/aromatic N) is 4. The van der Waals surface area contributed by atoms with Gasteiger partial charge in [-0.15, -0.1) is 0 Å². The lowest BCUT2D eigenvalue weighted by Crippen LogP contribution is -2.18. The zero-order chi connectivity index (χ0) is 25.1. The Morgan fingerprint density at radius 3 is 2.47 bits per heavy atom. The monoisotopic (exact) mass is 481 g/mol. The van der Waals surface area contributed by atoms with E-state index in [4.69, 9.17) is 5.73 Å². The SMILES string of the molecule is Cn1cc(-n2c(-c3cn(CCCNCCCCN)c4ccccc34)c(C#N)[nH]c2=O)c2ccccc21. The first-order valence-electron chi connectivity index (χ1n) is 12.4. The van der Waals surface area contributed by atoms with Gasteiger partial charge in [0.1, 0.15) is 11.8 Å². The summed E-state index contributed by atoms with van der Waals surface area (Å²) in [5, 5.41) is 15.4. The molecule has 0 amide bonds. The predicted octanol–water partition coefficient (Wildman–Crippen LogP) is 3.87. The summed E-state index contributed by atoms with van der Waals surface area (Å²) in [5.74, 6) is 0. The Morgan fingerprint density at radius 1 is 0.972 bits per heavy atom. The molecule has 4 N–H and O–H groups in total. The summed E-state index contributed by atoms with van der Waals surface area (Å²) < 4.78 is 5.87. The zero-order valence-electron chi connectivity index (χ0n) is 20.5. The number of hydrogen-bond acceptors (Lipinski definition) is 4. The summed E-state index contributed by atoms with van der Waals surface area (Å²) in [5.41, 5.74) is 9.82. The number of benzene rings is 2. The molecule has 184 valence electrons. The van der Waals surface area contributed by atoms with Crippen molar-refractivity contribution in [1.82, 2.24) is 24.0 Å². The Labute approximate surface area is 209 Å². The number of nitrogens with one attached hydrogen (secondary N) is 2. The molecule has 8 heteroatoms. The van der Waals surface area contributed by atoms with Crippen LogP contribution in [0.2, 0.25) is 0 Å². The third kappa shape index (κ3) is 4.24. The van der Waals surface area contributed by atoms with E-state index in [1.54, 1.807) is 4.57 Å². The van der Waals surface area contributed by atoms with Crippen LogP contribution in [0.5, 0.6) is 0 Å². The van der Waals surface area contributed by atoms with Crippen LogP contribution in [-0.4, -0.2) is 38.3 Å². The highest BCUT2D eigenvalue weighted by molar-refractivity contribution is 5.98. The number of fused-ring (bicyclic) bond motifs is 2. The molecule has 3 aromatic heterocycles. The molecule has 0 saturated heterocycles. The Hall–Kier alpha value is -4.06. The van der Waals surface area contributed by atoms with Crippen LogP contribution in [-0.2, 0) is 13.6 Å². The number of unbranched alkanes of at least 4 members (excludes halogenated alkanes) is 1. The summed E-state index contributed by atoms with van der Waals surface area (Å²) >= 11 is 0. The van der Waals surface area contributed by atoms with E-state index in [0.717, 1.165) is 78.5 Å². The second-order valence-corrected chi connectivity index (χ2v) is 9.10. The van der Waals surface area contributed by atoms with Crippen molar-refractivity contribution in [3.8, 4) is 23.0 Å². The normalized spacial score (nSPS) is 11.5. The smallest absolute Gasteiger partial charge is 0.331 e. The first-order chi connectivity index (χ1) is 17.6.